The van der Waals surface area contributed by atoms with E-state index in [9.17, 15) is 22.4 Å². The normalized spacial score (nSPS) is 23.0. The second-order valence-corrected chi connectivity index (χ2v) is 8.16. The predicted molar refractivity (Wildman–Crippen MR) is 114 cm³/mol. The molecule has 1 amide bonds. The minimum absolute atomic E-state index is 0.108. The van der Waals surface area contributed by atoms with Crippen LogP contribution in [0, 0.1) is 5.82 Å². The summed E-state index contributed by atoms with van der Waals surface area (Å²) in [7, 11) is 0. The zero-order valence-electron chi connectivity index (χ0n) is 17.9. The summed E-state index contributed by atoms with van der Waals surface area (Å²) in [5.41, 5.74) is 3.34. The van der Waals surface area contributed by atoms with E-state index in [0.717, 1.165) is 36.8 Å². The van der Waals surface area contributed by atoms with E-state index in [0.29, 0.717) is 13.2 Å². The lowest BCUT2D eigenvalue weighted by molar-refractivity contribution is -0.128. The van der Waals surface area contributed by atoms with Gasteiger partial charge in [-0.15, -0.1) is 0 Å². The van der Waals surface area contributed by atoms with Crippen molar-refractivity contribution in [2.24, 2.45) is 0 Å². The van der Waals surface area contributed by atoms with Crippen LogP contribution < -0.4 is 5.32 Å². The Morgan fingerprint density at radius 3 is 2.47 bits per heavy atom. The van der Waals surface area contributed by atoms with Crippen molar-refractivity contribution in [1.29, 1.82) is 0 Å². The molecule has 2 heterocycles. The van der Waals surface area contributed by atoms with E-state index < -0.39 is 12.7 Å². The molecule has 32 heavy (non-hydrogen) atoms. The number of nitrogens with one attached hydrogen (secondary N) is 1. The largest absolute Gasteiger partial charge is 0.401 e. The van der Waals surface area contributed by atoms with Crippen molar-refractivity contribution in [3.05, 3.63) is 71.0 Å². The predicted octanol–water partition coefficient (Wildman–Crippen LogP) is 4.64. The van der Waals surface area contributed by atoms with E-state index in [4.69, 9.17) is 4.74 Å². The number of rotatable bonds is 4. The molecule has 174 valence electrons. The first-order valence-electron chi connectivity index (χ1n) is 10.7. The van der Waals surface area contributed by atoms with E-state index in [2.05, 4.69) is 11.4 Å². The number of carbonyl (C=O) groups excluding carboxylic acids is 1. The van der Waals surface area contributed by atoms with Gasteiger partial charge in [-0.05, 0) is 55.0 Å². The average molecular weight is 452 g/mol. The van der Waals surface area contributed by atoms with Crippen molar-refractivity contribution in [3.63, 3.8) is 0 Å². The number of amides is 1. The maximum atomic E-state index is 13.0. The molecule has 2 aliphatic heterocycles. The van der Waals surface area contributed by atoms with Gasteiger partial charge >= 0.3 is 6.18 Å². The molecule has 2 aliphatic rings. The summed E-state index contributed by atoms with van der Waals surface area (Å²) in [6, 6.07) is 14.2. The molecule has 8 heteroatoms. The quantitative estimate of drug-likeness (QED) is 0.543. The second kappa shape index (κ2) is 10.9. The fourth-order valence-electron chi connectivity index (χ4n) is 4.02. The van der Waals surface area contributed by atoms with E-state index >= 15 is 0 Å². The van der Waals surface area contributed by atoms with Gasteiger partial charge < -0.3 is 15.0 Å². The summed E-state index contributed by atoms with van der Waals surface area (Å²) in [6.45, 7) is 2.09. The first-order chi connectivity index (χ1) is 15.3. The number of hydrogen-bond donors (Lipinski definition) is 1. The molecule has 0 saturated carbocycles. The van der Waals surface area contributed by atoms with E-state index in [1.165, 1.54) is 17.7 Å². The van der Waals surface area contributed by atoms with Crippen LogP contribution in [-0.4, -0.2) is 49.3 Å². The van der Waals surface area contributed by atoms with Crippen LogP contribution in [0.5, 0.6) is 0 Å². The molecule has 0 aliphatic carbocycles. The number of nitrogens with zero attached hydrogens (tertiary/aromatic N) is 1. The maximum absolute atomic E-state index is 13.0. The lowest BCUT2D eigenvalue weighted by atomic mass is 9.88. The average Bonchev–Trinajstić information content (AvgIpc) is 2.78. The lowest BCUT2D eigenvalue weighted by Gasteiger charge is -2.35. The molecule has 2 aromatic carbocycles. The molecule has 2 aromatic rings. The molecule has 4 nitrogen and oxygen atoms in total. The van der Waals surface area contributed by atoms with Gasteiger partial charge in [-0.3, -0.25) is 4.79 Å². The molecule has 0 unspecified atom stereocenters. The SMILES string of the molecule is C[C@H]1CC[C@@H](NCC(F)(F)F)CO1.O=CN1CCc2ccccc2[C@@H]1c1ccc(F)cc1. The minimum atomic E-state index is -4.12. The van der Waals surface area contributed by atoms with Gasteiger partial charge in [0.15, 0.2) is 0 Å². The van der Waals surface area contributed by atoms with Crippen LogP contribution >= 0.6 is 0 Å². The van der Waals surface area contributed by atoms with Gasteiger partial charge in [0.2, 0.25) is 6.41 Å². The van der Waals surface area contributed by atoms with Crippen LogP contribution in [0.1, 0.15) is 42.5 Å². The van der Waals surface area contributed by atoms with Crippen LogP contribution in [0.15, 0.2) is 48.5 Å². The number of alkyl halides is 3. The van der Waals surface area contributed by atoms with Gasteiger partial charge in [-0.25, -0.2) is 4.39 Å². The Morgan fingerprint density at radius 1 is 1.12 bits per heavy atom. The zero-order chi connectivity index (χ0) is 23.1. The first kappa shape index (κ1) is 24.2. The van der Waals surface area contributed by atoms with Gasteiger partial charge in [-0.2, -0.15) is 13.2 Å². The molecule has 1 fully saturated rings. The fourth-order valence-corrected chi connectivity index (χ4v) is 4.02. The third kappa shape index (κ3) is 6.77. The number of benzene rings is 2. The topological polar surface area (TPSA) is 41.6 Å². The highest BCUT2D eigenvalue weighted by molar-refractivity contribution is 5.54. The van der Waals surface area contributed by atoms with Crippen LogP contribution in [0.3, 0.4) is 0 Å². The molecule has 4 rings (SSSR count). The Bertz CT molecular complexity index is 865. The lowest BCUT2D eigenvalue weighted by Crippen LogP contribution is -2.43. The summed E-state index contributed by atoms with van der Waals surface area (Å²) in [4.78, 5) is 13.0. The highest BCUT2D eigenvalue weighted by Gasteiger charge is 2.29. The number of carbonyl (C=O) groups is 1. The highest BCUT2D eigenvalue weighted by atomic mass is 19.4. The Labute approximate surface area is 185 Å². The molecule has 0 bridgehead atoms. The maximum Gasteiger partial charge on any atom is 0.401 e. The van der Waals surface area contributed by atoms with Crippen molar-refractivity contribution in [1.82, 2.24) is 10.2 Å². The zero-order valence-corrected chi connectivity index (χ0v) is 17.9. The summed E-state index contributed by atoms with van der Waals surface area (Å²) in [6.07, 6.45) is -0.601. The summed E-state index contributed by atoms with van der Waals surface area (Å²) < 4.78 is 53.6. The third-order valence-corrected chi connectivity index (χ3v) is 5.74. The summed E-state index contributed by atoms with van der Waals surface area (Å²) in [5, 5.41) is 2.43. The van der Waals surface area contributed by atoms with Gasteiger partial charge in [0, 0.05) is 12.6 Å². The van der Waals surface area contributed by atoms with Crippen molar-refractivity contribution in [2.75, 3.05) is 19.7 Å². The van der Waals surface area contributed by atoms with Crippen molar-refractivity contribution < 1.29 is 27.1 Å². The van der Waals surface area contributed by atoms with Crippen molar-refractivity contribution in [3.8, 4) is 0 Å². The molecule has 0 radical (unpaired) electrons. The van der Waals surface area contributed by atoms with E-state index in [-0.39, 0.29) is 24.0 Å². The smallest absolute Gasteiger partial charge is 0.377 e. The van der Waals surface area contributed by atoms with Crippen molar-refractivity contribution >= 4 is 6.41 Å². The molecule has 0 spiro atoms. The Hall–Kier alpha value is -2.45. The molecular formula is C24H28F4N2O2. The molecule has 1 N–H and O–H groups in total. The standard InChI is InChI=1S/C16H14FNO.C8H14F3NO/c17-14-7-5-13(6-8-14)16-15-4-2-1-3-12(15)9-10-18(16)11-19;1-6-2-3-7(4-13-6)12-5-8(9,10)11/h1-8,11,16H,9-10H2;6-7,12H,2-5H2,1H3/t16-;6-,7+/m00/s1. The van der Waals surface area contributed by atoms with Gasteiger partial charge in [0.05, 0.1) is 25.3 Å². The van der Waals surface area contributed by atoms with E-state index in [1.807, 2.05) is 25.1 Å². The Morgan fingerprint density at radius 2 is 1.84 bits per heavy atom. The Balaban J connectivity index is 0.000000195. The number of halogens is 4. The van der Waals surface area contributed by atoms with Gasteiger partial charge in [0.1, 0.15) is 5.82 Å². The number of hydrogen-bond acceptors (Lipinski definition) is 3. The van der Waals surface area contributed by atoms with E-state index in [1.54, 1.807) is 17.0 Å². The fraction of sp³-hybridized carbons (Fsp3) is 0.458. The van der Waals surface area contributed by atoms with Crippen LogP contribution in [0.4, 0.5) is 17.6 Å². The minimum Gasteiger partial charge on any atom is -0.377 e. The molecular weight excluding hydrogens is 424 g/mol. The van der Waals surface area contributed by atoms with Crippen molar-refractivity contribution in [2.45, 2.75) is 50.6 Å². The van der Waals surface area contributed by atoms with Crippen LogP contribution in [-0.2, 0) is 16.0 Å². The monoisotopic (exact) mass is 452 g/mol. The number of ether oxygens (including phenoxy) is 1. The van der Waals surface area contributed by atoms with Crippen LogP contribution in [0.2, 0.25) is 0 Å². The summed E-state index contributed by atoms with van der Waals surface area (Å²) >= 11 is 0. The third-order valence-electron chi connectivity index (χ3n) is 5.74. The van der Waals surface area contributed by atoms with Gasteiger partial charge in [0.25, 0.3) is 0 Å². The molecule has 1 saturated heterocycles. The Kier molecular flexibility index (Phi) is 8.26. The second-order valence-electron chi connectivity index (χ2n) is 8.16. The van der Waals surface area contributed by atoms with Gasteiger partial charge in [-0.1, -0.05) is 36.4 Å². The summed E-state index contributed by atoms with van der Waals surface area (Å²) in [5.74, 6) is -0.259. The molecule has 0 aromatic heterocycles. The number of fused-ring (bicyclic) bond motifs is 1. The first-order valence-corrected chi connectivity index (χ1v) is 10.7. The molecule has 3 atom stereocenters. The highest BCUT2D eigenvalue weighted by Crippen LogP contribution is 2.34. The van der Waals surface area contributed by atoms with Crippen LogP contribution in [0.25, 0.3) is 0 Å².